The lowest BCUT2D eigenvalue weighted by atomic mass is 9.95. The number of halogens is 3. The maximum Gasteiger partial charge on any atom is 0.421 e. The second-order valence-electron chi connectivity index (χ2n) is 10.8. The van der Waals surface area contributed by atoms with Crippen LogP contribution in [0.3, 0.4) is 0 Å². The van der Waals surface area contributed by atoms with E-state index in [1.54, 1.807) is 30.9 Å². The summed E-state index contributed by atoms with van der Waals surface area (Å²) in [4.78, 5) is 5.96. The number of pyridine rings is 1. The third-order valence-corrected chi connectivity index (χ3v) is 12.0. The Morgan fingerprint density at radius 2 is 1.79 bits per heavy atom. The molecule has 1 N–H and O–H groups in total. The number of sulfonamides is 2. The van der Waals surface area contributed by atoms with Crippen LogP contribution in [0.2, 0.25) is 0 Å². The molecule has 1 saturated heterocycles. The van der Waals surface area contributed by atoms with Crippen LogP contribution in [-0.4, -0.2) is 84.8 Å². The van der Waals surface area contributed by atoms with Gasteiger partial charge in [0, 0.05) is 61.6 Å². The van der Waals surface area contributed by atoms with E-state index in [1.165, 1.54) is 51.3 Å². The standard InChI is InChI=1S/C28H33F3N4O5S3/c1-20(2)35(42(37,38)24-7-6-14-32-17-24)19-23-18-33(43(39,40)26-9-5-4-8-25(26)41)15-16-34(23)22-12-10-21(11-13-22)27(3,36)28(29,30)31/h4-7,9-14,17,20,23,36H,8,15-16,18-19H2,1-3H3/t23-,27+/m1/s1. The van der Waals surface area contributed by atoms with Crippen LogP contribution in [0.15, 0.2) is 76.8 Å². The van der Waals surface area contributed by atoms with E-state index in [-0.39, 0.29) is 46.4 Å². The van der Waals surface area contributed by atoms with E-state index in [0.29, 0.717) is 19.0 Å². The molecule has 234 valence electrons. The summed E-state index contributed by atoms with van der Waals surface area (Å²) in [6.07, 6.45) is 2.90. The first-order valence-corrected chi connectivity index (χ1v) is 16.7. The van der Waals surface area contributed by atoms with Crippen LogP contribution >= 0.6 is 12.2 Å². The molecule has 43 heavy (non-hydrogen) atoms. The van der Waals surface area contributed by atoms with Gasteiger partial charge in [0.15, 0.2) is 5.60 Å². The molecule has 2 atom stereocenters. The number of thiocarbonyl (C=S) groups is 1. The van der Waals surface area contributed by atoms with Crippen LogP contribution in [0.25, 0.3) is 0 Å². The molecule has 0 unspecified atom stereocenters. The number of aliphatic hydroxyl groups is 1. The monoisotopic (exact) mass is 658 g/mol. The number of allylic oxidation sites excluding steroid dienone is 4. The van der Waals surface area contributed by atoms with E-state index >= 15 is 0 Å². The minimum Gasteiger partial charge on any atom is -0.376 e. The molecular formula is C28H33F3N4O5S3. The van der Waals surface area contributed by atoms with Gasteiger partial charge in [0.2, 0.25) is 20.0 Å². The van der Waals surface area contributed by atoms with Crippen molar-refractivity contribution in [3.63, 3.8) is 0 Å². The van der Waals surface area contributed by atoms with Gasteiger partial charge in [0.25, 0.3) is 0 Å². The molecule has 0 radical (unpaired) electrons. The number of rotatable bonds is 9. The molecule has 15 heteroatoms. The molecule has 9 nitrogen and oxygen atoms in total. The summed E-state index contributed by atoms with van der Waals surface area (Å²) < 4.78 is 97.5. The van der Waals surface area contributed by atoms with Gasteiger partial charge in [-0.3, -0.25) is 4.98 Å². The van der Waals surface area contributed by atoms with Gasteiger partial charge in [-0.05, 0) is 56.7 Å². The third kappa shape index (κ3) is 6.71. The highest BCUT2D eigenvalue weighted by molar-refractivity contribution is 7.96. The van der Waals surface area contributed by atoms with E-state index < -0.39 is 43.9 Å². The average molecular weight is 659 g/mol. The molecule has 4 rings (SSSR count). The Balaban J connectivity index is 1.73. The van der Waals surface area contributed by atoms with Crippen molar-refractivity contribution in [3.8, 4) is 0 Å². The van der Waals surface area contributed by atoms with Crippen LogP contribution in [0.1, 0.15) is 32.8 Å². The van der Waals surface area contributed by atoms with Gasteiger partial charge in [-0.1, -0.05) is 36.5 Å². The van der Waals surface area contributed by atoms with Crippen molar-refractivity contribution in [3.05, 3.63) is 77.5 Å². The minimum absolute atomic E-state index is 0.0135. The summed E-state index contributed by atoms with van der Waals surface area (Å²) in [7, 11) is -8.07. The first-order valence-electron chi connectivity index (χ1n) is 13.5. The number of benzene rings is 1. The molecule has 2 heterocycles. The van der Waals surface area contributed by atoms with Gasteiger partial charge in [0.1, 0.15) is 4.90 Å². The van der Waals surface area contributed by atoms with Gasteiger partial charge >= 0.3 is 6.18 Å². The number of hydrogen-bond acceptors (Lipinski definition) is 8. The van der Waals surface area contributed by atoms with Crippen molar-refractivity contribution < 1.29 is 35.1 Å². The highest BCUT2D eigenvalue weighted by Crippen LogP contribution is 2.39. The lowest BCUT2D eigenvalue weighted by Gasteiger charge is -2.44. The van der Waals surface area contributed by atoms with Crippen molar-refractivity contribution in [1.29, 1.82) is 0 Å². The summed E-state index contributed by atoms with van der Waals surface area (Å²) in [5.41, 5.74) is -3.00. The van der Waals surface area contributed by atoms with Gasteiger partial charge < -0.3 is 10.0 Å². The van der Waals surface area contributed by atoms with Crippen molar-refractivity contribution in [2.24, 2.45) is 0 Å². The predicted octanol–water partition coefficient (Wildman–Crippen LogP) is 3.98. The Kier molecular flexibility index (Phi) is 9.55. The largest absolute Gasteiger partial charge is 0.421 e. The van der Waals surface area contributed by atoms with Crippen LogP contribution in [0, 0.1) is 0 Å². The molecule has 2 aliphatic rings. The molecule has 1 aliphatic carbocycles. The number of hydrogen-bond donors (Lipinski definition) is 1. The normalized spacial score (nSPS) is 20.4. The molecule has 1 aromatic carbocycles. The lowest BCUT2D eigenvalue weighted by molar-refractivity contribution is -0.258. The van der Waals surface area contributed by atoms with Crippen LogP contribution in [-0.2, 0) is 25.6 Å². The second kappa shape index (κ2) is 12.4. The van der Waals surface area contributed by atoms with Crippen molar-refractivity contribution in [2.45, 2.75) is 55.9 Å². The zero-order valence-corrected chi connectivity index (χ0v) is 26.2. The molecule has 1 aromatic heterocycles. The van der Waals surface area contributed by atoms with Gasteiger partial charge in [-0.2, -0.15) is 21.8 Å². The first-order chi connectivity index (χ1) is 20.0. The Morgan fingerprint density at radius 3 is 2.35 bits per heavy atom. The fourth-order valence-corrected chi connectivity index (χ4v) is 8.71. The summed E-state index contributed by atoms with van der Waals surface area (Å²) in [5.74, 6) is 0. The molecule has 1 fully saturated rings. The SMILES string of the molecule is CC(C)N(C[C@H]1CN(S(=O)(=O)C2=CC=CCC2=S)CCN1c1ccc([C@](C)(O)C(F)(F)F)cc1)S(=O)(=O)c1cccnc1. The topological polar surface area (TPSA) is 111 Å². The summed E-state index contributed by atoms with van der Waals surface area (Å²) in [6.45, 7) is 3.96. The van der Waals surface area contributed by atoms with Crippen molar-refractivity contribution >= 4 is 42.8 Å². The Bertz CT molecular complexity index is 1610. The third-order valence-electron chi connectivity index (χ3n) is 7.55. The zero-order valence-electron chi connectivity index (χ0n) is 23.8. The highest BCUT2D eigenvalue weighted by Gasteiger charge is 2.51. The number of alkyl halides is 3. The van der Waals surface area contributed by atoms with Crippen LogP contribution < -0.4 is 4.90 Å². The summed E-state index contributed by atoms with van der Waals surface area (Å²) >= 11 is 5.32. The maximum absolute atomic E-state index is 13.7. The fourth-order valence-electron chi connectivity index (χ4n) is 5.00. The summed E-state index contributed by atoms with van der Waals surface area (Å²) in [6, 6.07) is 6.79. The Hall–Kier alpha value is -2.69. The van der Waals surface area contributed by atoms with Crippen LogP contribution in [0.5, 0.6) is 0 Å². The van der Waals surface area contributed by atoms with Gasteiger partial charge in [-0.25, -0.2) is 16.8 Å². The highest BCUT2D eigenvalue weighted by atomic mass is 32.2. The molecule has 2 aromatic rings. The zero-order chi connectivity index (χ0) is 31.8. The van der Waals surface area contributed by atoms with E-state index in [2.05, 4.69) is 4.98 Å². The average Bonchev–Trinajstić information content (AvgIpc) is 2.95. The first kappa shape index (κ1) is 33.2. The van der Waals surface area contributed by atoms with Crippen molar-refractivity contribution in [1.82, 2.24) is 13.6 Å². The quantitative estimate of drug-likeness (QED) is 0.403. The van der Waals surface area contributed by atoms with Crippen LogP contribution in [0.4, 0.5) is 18.9 Å². The lowest BCUT2D eigenvalue weighted by Crippen LogP contribution is -2.59. The van der Waals surface area contributed by atoms with Gasteiger partial charge in [-0.15, -0.1) is 0 Å². The van der Waals surface area contributed by atoms with Gasteiger partial charge in [0.05, 0.1) is 10.9 Å². The fraction of sp³-hybridized carbons (Fsp3) is 0.429. The molecule has 0 spiro atoms. The van der Waals surface area contributed by atoms with E-state index in [9.17, 15) is 35.1 Å². The second-order valence-corrected chi connectivity index (χ2v) is 15.1. The number of nitrogens with zero attached hydrogens (tertiary/aromatic N) is 4. The Morgan fingerprint density at radius 1 is 1.12 bits per heavy atom. The predicted molar refractivity (Wildman–Crippen MR) is 161 cm³/mol. The van der Waals surface area contributed by atoms with Crippen molar-refractivity contribution in [2.75, 3.05) is 31.1 Å². The van der Waals surface area contributed by atoms with E-state index in [0.717, 1.165) is 12.1 Å². The molecule has 1 aliphatic heterocycles. The molecular weight excluding hydrogens is 626 g/mol. The number of anilines is 1. The molecule has 0 amide bonds. The Labute approximate surface area is 255 Å². The minimum atomic E-state index is -4.90. The number of aromatic nitrogens is 1. The molecule has 0 saturated carbocycles. The molecule has 0 bridgehead atoms. The van der Waals surface area contributed by atoms with E-state index in [1.807, 2.05) is 0 Å². The van der Waals surface area contributed by atoms with E-state index in [4.69, 9.17) is 12.2 Å². The smallest absolute Gasteiger partial charge is 0.376 e. The summed E-state index contributed by atoms with van der Waals surface area (Å²) in [5, 5.41) is 10.1. The maximum atomic E-state index is 13.7. The number of piperazine rings is 1.